The standard InChI is InChI=1S/C16H22N2O3/c1-3-21-15(19)13-8-4-5-9-14(13)17-16(20)18-10-6-7-12(2)11-18/h4-5,8-9,12H,3,6-7,10-11H2,1-2H3,(H,17,20). The first kappa shape index (κ1) is 15.4. The zero-order valence-corrected chi connectivity index (χ0v) is 12.6. The second kappa shape index (κ2) is 7.11. The van der Waals surface area contributed by atoms with Gasteiger partial charge in [-0.1, -0.05) is 19.1 Å². The molecule has 2 amide bonds. The molecule has 114 valence electrons. The average molecular weight is 290 g/mol. The number of amides is 2. The number of rotatable bonds is 3. The first-order chi connectivity index (χ1) is 10.1. The number of urea groups is 1. The fourth-order valence-corrected chi connectivity index (χ4v) is 2.55. The first-order valence-corrected chi connectivity index (χ1v) is 7.44. The fourth-order valence-electron chi connectivity index (χ4n) is 2.55. The van der Waals surface area contributed by atoms with E-state index in [0.29, 0.717) is 23.8 Å². The first-order valence-electron chi connectivity index (χ1n) is 7.44. The monoisotopic (exact) mass is 290 g/mol. The molecule has 1 unspecified atom stereocenters. The van der Waals surface area contributed by atoms with E-state index in [-0.39, 0.29) is 6.03 Å². The number of nitrogens with zero attached hydrogens (tertiary/aromatic N) is 1. The molecule has 1 heterocycles. The summed E-state index contributed by atoms with van der Waals surface area (Å²) in [7, 11) is 0. The fraction of sp³-hybridized carbons (Fsp3) is 0.500. The summed E-state index contributed by atoms with van der Waals surface area (Å²) in [6, 6.07) is 6.77. The molecule has 5 nitrogen and oxygen atoms in total. The zero-order chi connectivity index (χ0) is 15.2. The van der Waals surface area contributed by atoms with Crippen LogP contribution in [0.3, 0.4) is 0 Å². The summed E-state index contributed by atoms with van der Waals surface area (Å²) in [5, 5.41) is 2.83. The number of piperidine rings is 1. The molecule has 1 N–H and O–H groups in total. The van der Waals surface area contributed by atoms with Crippen molar-refractivity contribution in [1.29, 1.82) is 0 Å². The van der Waals surface area contributed by atoms with Crippen molar-refractivity contribution in [3.8, 4) is 0 Å². The zero-order valence-electron chi connectivity index (χ0n) is 12.6. The SMILES string of the molecule is CCOC(=O)c1ccccc1NC(=O)N1CCCC(C)C1. The van der Waals surface area contributed by atoms with Crippen molar-refractivity contribution in [1.82, 2.24) is 4.90 Å². The highest BCUT2D eigenvalue weighted by atomic mass is 16.5. The Morgan fingerprint density at radius 1 is 1.38 bits per heavy atom. The molecule has 1 aliphatic rings. The van der Waals surface area contributed by atoms with Crippen LogP contribution in [0.2, 0.25) is 0 Å². The molecule has 1 atom stereocenters. The minimum atomic E-state index is -0.416. The summed E-state index contributed by atoms with van der Waals surface area (Å²) in [5.74, 6) is 0.102. The maximum Gasteiger partial charge on any atom is 0.340 e. The molecule has 0 aromatic heterocycles. The van der Waals surface area contributed by atoms with Gasteiger partial charge in [0.15, 0.2) is 0 Å². The van der Waals surface area contributed by atoms with Gasteiger partial charge in [0.05, 0.1) is 17.9 Å². The number of carbonyl (C=O) groups is 2. The highest BCUT2D eigenvalue weighted by Gasteiger charge is 2.22. The third-order valence-electron chi connectivity index (χ3n) is 3.61. The van der Waals surface area contributed by atoms with Gasteiger partial charge in [-0.05, 0) is 37.8 Å². The Balaban J connectivity index is 2.08. The van der Waals surface area contributed by atoms with Gasteiger partial charge < -0.3 is 15.0 Å². The van der Waals surface area contributed by atoms with E-state index in [1.807, 2.05) is 0 Å². The second-order valence-electron chi connectivity index (χ2n) is 5.39. The number of anilines is 1. The van der Waals surface area contributed by atoms with Crippen molar-refractivity contribution < 1.29 is 14.3 Å². The quantitative estimate of drug-likeness (QED) is 0.870. The third kappa shape index (κ3) is 3.97. The largest absolute Gasteiger partial charge is 0.462 e. The van der Waals surface area contributed by atoms with Gasteiger partial charge in [0.2, 0.25) is 0 Å². The topological polar surface area (TPSA) is 58.6 Å². The van der Waals surface area contributed by atoms with Gasteiger partial charge in [0.1, 0.15) is 0 Å². The van der Waals surface area contributed by atoms with Crippen LogP contribution in [0.1, 0.15) is 37.0 Å². The predicted octanol–water partition coefficient (Wildman–Crippen LogP) is 3.13. The number of esters is 1. The number of hydrogen-bond donors (Lipinski definition) is 1. The molecular formula is C16H22N2O3. The van der Waals surface area contributed by atoms with Crippen molar-refractivity contribution in [2.75, 3.05) is 25.0 Å². The summed E-state index contributed by atoms with van der Waals surface area (Å²) in [6.45, 7) is 5.73. The Labute approximate surface area is 125 Å². The molecule has 0 radical (unpaired) electrons. The number of benzene rings is 1. The van der Waals surface area contributed by atoms with Crippen LogP contribution in [0.25, 0.3) is 0 Å². The maximum absolute atomic E-state index is 12.3. The van der Waals surface area contributed by atoms with Crippen molar-refractivity contribution in [2.45, 2.75) is 26.7 Å². The van der Waals surface area contributed by atoms with E-state index in [4.69, 9.17) is 4.74 Å². The molecular weight excluding hydrogens is 268 g/mol. The molecule has 5 heteroatoms. The highest BCUT2D eigenvalue weighted by Crippen LogP contribution is 2.19. The normalized spacial score (nSPS) is 18.2. The molecule has 1 fully saturated rings. The lowest BCUT2D eigenvalue weighted by Gasteiger charge is -2.31. The van der Waals surface area contributed by atoms with Crippen molar-refractivity contribution in [3.05, 3.63) is 29.8 Å². The molecule has 1 saturated heterocycles. The van der Waals surface area contributed by atoms with E-state index in [2.05, 4.69) is 12.2 Å². The van der Waals surface area contributed by atoms with Gasteiger partial charge in [-0.3, -0.25) is 0 Å². The molecule has 2 rings (SSSR count). The highest BCUT2D eigenvalue weighted by molar-refractivity contribution is 6.00. The predicted molar refractivity (Wildman–Crippen MR) is 81.4 cm³/mol. The lowest BCUT2D eigenvalue weighted by molar-refractivity contribution is 0.0527. The van der Waals surface area contributed by atoms with Gasteiger partial charge in [-0.15, -0.1) is 0 Å². The summed E-state index contributed by atoms with van der Waals surface area (Å²) in [5.41, 5.74) is 0.886. The molecule has 0 saturated carbocycles. The molecule has 21 heavy (non-hydrogen) atoms. The van der Waals surface area contributed by atoms with E-state index in [0.717, 1.165) is 25.9 Å². The molecule has 0 aliphatic carbocycles. The van der Waals surface area contributed by atoms with Crippen LogP contribution in [0, 0.1) is 5.92 Å². The number of hydrogen-bond acceptors (Lipinski definition) is 3. The van der Waals surface area contributed by atoms with Gasteiger partial charge in [0.25, 0.3) is 0 Å². The van der Waals surface area contributed by atoms with Crippen LogP contribution in [0.15, 0.2) is 24.3 Å². The number of ether oxygens (including phenoxy) is 1. The van der Waals surface area contributed by atoms with Gasteiger partial charge in [-0.2, -0.15) is 0 Å². The minimum absolute atomic E-state index is 0.154. The molecule has 0 spiro atoms. The van der Waals surface area contributed by atoms with Crippen LogP contribution in [0.4, 0.5) is 10.5 Å². The van der Waals surface area contributed by atoms with Crippen molar-refractivity contribution in [3.63, 3.8) is 0 Å². The van der Waals surface area contributed by atoms with E-state index >= 15 is 0 Å². The third-order valence-corrected chi connectivity index (χ3v) is 3.61. The Kier molecular flexibility index (Phi) is 5.20. The van der Waals surface area contributed by atoms with Crippen LogP contribution in [0.5, 0.6) is 0 Å². The summed E-state index contributed by atoms with van der Waals surface area (Å²) in [6.07, 6.45) is 2.18. The summed E-state index contributed by atoms with van der Waals surface area (Å²) >= 11 is 0. The second-order valence-corrected chi connectivity index (χ2v) is 5.39. The number of nitrogens with one attached hydrogen (secondary N) is 1. The van der Waals surface area contributed by atoms with Gasteiger partial charge in [-0.25, -0.2) is 9.59 Å². The van der Waals surface area contributed by atoms with Gasteiger partial charge in [0, 0.05) is 13.1 Å². The Bertz CT molecular complexity index is 516. The number of likely N-dealkylation sites (tertiary alicyclic amines) is 1. The average Bonchev–Trinajstić information content (AvgIpc) is 2.48. The van der Waals surface area contributed by atoms with E-state index in [1.165, 1.54) is 0 Å². The minimum Gasteiger partial charge on any atom is -0.462 e. The Hall–Kier alpha value is -2.04. The molecule has 1 aromatic rings. The van der Waals surface area contributed by atoms with Gasteiger partial charge >= 0.3 is 12.0 Å². The molecule has 1 aromatic carbocycles. The summed E-state index contributed by atoms with van der Waals surface area (Å²) in [4.78, 5) is 26.0. The molecule has 1 aliphatic heterocycles. The van der Waals surface area contributed by atoms with Crippen LogP contribution in [-0.2, 0) is 4.74 Å². The smallest absolute Gasteiger partial charge is 0.340 e. The van der Waals surface area contributed by atoms with E-state index < -0.39 is 5.97 Å². The van der Waals surface area contributed by atoms with E-state index in [1.54, 1.807) is 36.1 Å². The Morgan fingerprint density at radius 2 is 2.14 bits per heavy atom. The Morgan fingerprint density at radius 3 is 2.86 bits per heavy atom. The lowest BCUT2D eigenvalue weighted by Crippen LogP contribution is -2.41. The number of carbonyl (C=O) groups excluding carboxylic acids is 2. The molecule has 0 bridgehead atoms. The maximum atomic E-state index is 12.3. The van der Waals surface area contributed by atoms with Crippen molar-refractivity contribution in [2.24, 2.45) is 5.92 Å². The van der Waals surface area contributed by atoms with E-state index in [9.17, 15) is 9.59 Å². The van der Waals surface area contributed by atoms with Crippen molar-refractivity contribution >= 4 is 17.7 Å². The van der Waals surface area contributed by atoms with Crippen LogP contribution in [-0.4, -0.2) is 36.6 Å². The van der Waals surface area contributed by atoms with Crippen LogP contribution >= 0.6 is 0 Å². The van der Waals surface area contributed by atoms with Crippen LogP contribution < -0.4 is 5.32 Å². The number of para-hydroxylation sites is 1. The summed E-state index contributed by atoms with van der Waals surface area (Å²) < 4.78 is 5.01. The lowest BCUT2D eigenvalue weighted by atomic mass is 10.0.